The van der Waals surface area contributed by atoms with Crippen LogP contribution in [-0.4, -0.2) is 57.6 Å². The fraction of sp³-hybridized carbons (Fsp3) is 0.500. The largest absolute Gasteiger partial charge is 0.449 e. The van der Waals surface area contributed by atoms with E-state index in [0.717, 1.165) is 37.7 Å². The van der Waals surface area contributed by atoms with Gasteiger partial charge in [-0.1, -0.05) is 36.5 Å². The first-order chi connectivity index (χ1) is 17.9. The Balaban J connectivity index is 1.69. The van der Waals surface area contributed by atoms with Crippen molar-refractivity contribution in [3.8, 4) is 11.1 Å². The van der Waals surface area contributed by atoms with Crippen molar-refractivity contribution in [2.45, 2.75) is 58.7 Å². The van der Waals surface area contributed by atoms with Gasteiger partial charge in [-0.2, -0.15) is 5.10 Å². The fourth-order valence-electron chi connectivity index (χ4n) is 5.10. The summed E-state index contributed by atoms with van der Waals surface area (Å²) in [6, 6.07) is 1.61. The summed E-state index contributed by atoms with van der Waals surface area (Å²) in [5, 5.41) is 8.67. The quantitative estimate of drug-likeness (QED) is 0.348. The van der Waals surface area contributed by atoms with Crippen molar-refractivity contribution in [1.82, 2.24) is 19.2 Å². The van der Waals surface area contributed by atoms with Gasteiger partial charge in [-0.3, -0.25) is 10.1 Å². The maximum Gasteiger partial charge on any atom is 0.411 e. The number of amides is 2. The lowest BCUT2D eigenvalue weighted by Gasteiger charge is -2.28. The van der Waals surface area contributed by atoms with Gasteiger partial charge in [0.05, 0.1) is 34.1 Å². The molecule has 11 heteroatoms. The standard InChI is InChI=1S/C26H31Cl2N5O4/c1-3-5-11-37-26(35)30-18-13-17(27)22(28)23-21(18)20(24-25(34)31(4-2)9-10-32(23)24)16-14-29-33(15-16)19-8-6-7-12-36-19/h13-15,19H,3-12H2,1-2H3,(H,30,35). The average molecular weight is 548 g/mol. The Morgan fingerprint density at radius 3 is 2.84 bits per heavy atom. The highest BCUT2D eigenvalue weighted by atomic mass is 35.5. The average Bonchev–Trinajstić information content (AvgIpc) is 3.52. The van der Waals surface area contributed by atoms with E-state index in [1.54, 1.807) is 21.8 Å². The van der Waals surface area contributed by atoms with Crippen molar-refractivity contribution >= 4 is 51.8 Å². The second kappa shape index (κ2) is 10.9. The van der Waals surface area contributed by atoms with Crippen LogP contribution in [0.4, 0.5) is 10.5 Å². The SMILES string of the molecule is CCCCOC(=O)Nc1cc(Cl)c(Cl)c2c1c(-c1cnn(C3CCCCO3)c1)c1n2CCN(CC)C1=O. The first kappa shape index (κ1) is 25.9. The van der Waals surface area contributed by atoms with E-state index in [0.29, 0.717) is 65.7 Å². The minimum atomic E-state index is -0.587. The van der Waals surface area contributed by atoms with Crippen molar-refractivity contribution in [3.05, 3.63) is 34.2 Å². The molecular formula is C26H31Cl2N5O4. The van der Waals surface area contributed by atoms with Gasteiger partial charge in [0.1, 0.15) is 11.9 Å². The van der Waals surface area contributed by atoms with Crippen molar-refractivity contribution in [3.63, 3.8) is 0 Å². The molecular weight excluding hydrogens is 517 g/mol. The van der Waals surface area contributed by atoms with Crippen LogP contribution in [0.2, 0.25) is 10.0 Å². The van der Waals surface area contributed by atoms with Gasteiger partial charge < -0.3 is 18.9 Å². The lowest BCUT2D eigenvalue weighted by atomic mass is 10.0. The predicted octanol–water partition coefficient (Wildman–Crippen LogP) is 6.34. The molecule has 2 aromatic heterocycles. The summed E-state index contributed by atoms with van der Waals surface area (Å²) in [5.41, 5.74) is 2.93. The maximum atomic E-state index is 13.7. The number of unbranched alkanes of at least 4 members (excludes halogenated alkanes) is 1. The molecule has 2 aliphatic heterocycles. The Bertz CT molecular complexity index is 1330. The van der Waals surface area contributed by atoms with Crippen molar-refractivity contribution in [1.29, 1.82) is 0 Å². The van der Waals surface area contributed by atoms with Crippen LogP contribution >= 0.6 is 23.2 Å². The molecule has 0 radical (unpaired) electrons. The number of rotatable bonds is 7. The summed E-state index contributed by atoms with van der Waals surface area (Å²) in [6.45, 7) is 6.66. The summed E-state index contributed by atoms with van der Waals surface area (Å²) in [5.74, 6) is -0.106. The first-order valence-corrected chi connectivity index (χ1v) is 13.6. The van der Waals surface area contributed by atoms with Crippen LogP contribution in [0.5, 0.6) is 0 Å². The number of carbonyl (C=O) groups excluding carboxylic acids is 2. The second-order valence-corrected chi connectivity index (χ2v) is 10.1. The molecule has 37 heavy (non-hydrogen) atoms. The van der Waals surface area contributed by atoms with Crippen molar-refractivity contribution in [2.75, 3.05) is 31.6 Å². The number of hydrogen-bond acceptors (Lipinski definition) is 5. The molecule has 1 saturated heterocycles. The molecule has 0 bridgehead atoms. The Labute approximate surface area is 225 Å². The van der Waals surface area contributed by atoms with E-state index in [2.05, 4.69) is 10.4 Å². The number of carbonyl (C=O) groups is 2. The third-order valence-electron chi connectivity index (χ3n) is 7.00. The Kier molecular flexibility index (Phi) is 7.65. The van der Waals surface area contributed by atoms with Gasteiger partial charge in [-0.15, -0.1) is 0 Å². The lowest BCUT2D eigenvalue weighted by molar-refractivity contribution is -0.0394. The highest BCUT2D eigenvalue weighted by Crippen LogP contribution is 2.46. The van der Waals surface area contributed by atoms with Crippen LogP contribution in [-0.2, 0) is 16.0 Å². The zero-order valence-corrected chi connectivity index (χ0v) is 22.6. The summed E-state index contributed by atoms with van der Waals surface area (Å²) >= 11 is 13.3. The van der Waals surface area contributed by atoms with Crippen LogP contribution in [0.25, 0.3) is 22.0 Å². The van der Waals surface area contributed by atoms with Crippen LogP contribution < -0.4 is 5.32 Å². The van der Waals surface area contributed by atoms with Crippen LogP contribution in [0, 0.1) is 0 Å². The number of ether oxygens (including phenoxy) is 2. The minimum Gasteiger partial charge on any atom is -0.449 e. The third kappa shape index (κ3) is 4.80. The smallest absolute Gasteiger partial charge is 0.411 e. The minimum absolute atomic E-state index is 0.106. The topological polar surface area (TPSA) is 90.6 Å². The van der Waals surface area contributed by atoms with E-state index < -0.39 is 6.09 Å². The third-order valence-corrected chi connectivity index (χ3v) is 7.77. The Hall–Kier alpha value is -2.75. The van der Waals surface area contributed by atoms with Crippen LogP contribution in [0.3, 0.4) is 0 Å². The predicted molar refractivity (Wildman–Crippen MR) is 143 cm³/mol. The van der Waals surface area contributed by atoms with E-state index in [1.165, 1.54) is 0 Å². The highest BCUT2D eigenvalue weighted by molar-refractivity contribution is 6.46. The number of likely N-dealkylation sites (N-methyl/N-ethyl adjacent to an activating group) is 1. The number of aromatic nitrogens is 3. The van der Waals surface area contributed by atoms with Gasteiger partial charge in [0.25, 0.3) is 5.91 Å². The van der Waals surface area contributed by atoms with Gasteiger partial charge in [-0.05, 0) is 38.7 Å². The monoisotopic (exact) mass is 547 g/mol. The van der Waals surface area contributed by atoms with Gasteiger partial charge in [0, 0.05) is 49.0 Å². The number of hydrogen-bond donors (Lipinski definition) is 1. The number of nitrogens with one attached hydrogen (secondary N) is 1. The number of benzene rings is 1. The molecule has 2 aliphatic rings. The highest BCUT2D eigenvalue weighted by Gasteiger charge is 2.34. The molecule has 198 valence electrons. The van der Waals surface area contributed by atoms with Crippen molar-refractivity contribution in [2.24, 2.45) is 0 Å². The lowest BCUT2D eigenvalue weighted by Crippen LogP contribution is -2.40. The molecule has 5 rings (SSSR count). The van der Waals surface area contributed by atoms with Gasteiger partial charge in [0.2, 0.25) is 0 Å². The van der Waals surface area contributed by atoms with Gasteiger partial charge in [0.15, 0.2) is 0 Å². The molecule has 1 aromatic carbocycles. The van der Waals surface area contributed by atoms with Crippen LogP contribution in [0.15, 0.2) is 18.5 Å². The maximum absolute atomic E-state index is 13.7. The Morgan fingerprint density at radius 2 is 2.11 bits per heavy atom. The molecule has 1 N–H and O–H groups in total. The van der Waals surface area contributed by atoms with E-state index in [1.807, 2.05) is 24.6 Å². The molecule has 1 unspecified atom stereocenters. The van der Waals surface area contributed by atoms with E-state index in [4.69, 9.17) is 32.7 Å². The molecule has 1 atom stereocenters. The normalized spacial score (nSPS) is 17.8. The van der Waals surface area contributed by atoms with E-state index >= 15 is 0 Å². The van der Waals surface area contributed by atoms with Crippen LogP contribution in [0.1, 0.15) is 62.7 Å². The molecule has 9 nitrogen and oxygen atoms in total. The summed E-state index contributed by atoms with van der Waals surface area (Å²) in [6.07, 6.45) is 7.53. The first-order valence-electron chi connectivity index (χ1n) is 12.9. The molecule has 3 aromatic rings. The number of anilines is 1. The molecule has 0 saturated carbocycles. The zero-order valence-electron chi connectivity index (χ0n) is 21.1. The zero-order chi connectivity index (χ0) is 26.1. The summed E-state index contributed by atoms with van der Waals surface area (Å²) in [4.78, 5) is 28.2. The number of fused-ring (bicyclic) bond motifs is 3. The molecule has 2 amide bonds. The summed E-state index contributed by atoms with van der Waals surface area (Å²) < 4.78 is 15.0. The molecule has 4 heterocycles. The Morgan fingerprint density at radius 1 is 1.27 bits per heavy atom. The number of halogens is 2. The second-order valence-electron chi connectivity index (χ2n) is 9.35. The fourth-order valence-corrected chi connectivity index (χ4v) is 5.55. The van der Waals surface area contributed by atoms with E-state index in [-0.39, 0.29) is 17.2 Å². The van der Waals surface area contributed by atoms with Gasteiger partial charge >= 0.3 is 6.09 Å². The molecule has 1 fully saturated rings. The van der Waals surface area contributed by atoms with Crippen molar-refractivity contribution < 1.29 is 19.1 Å². The summed E-state index contributed by atoms with van der Waals surface area (Å²) in [7, 11) is 0. The molecule has 0 aliphatic carbocycles. The van der Waals surface area contributed by atoms with E-state index in [9.17, 15) is 9.59 Å². The number of nitrogens with zero attached hydrogens (tertiary/aromatic N) is 4. The molecule has 0 spiro atoms. The van der Waals surface area contributed by atoms with Gasteiger partial charge in [-0.25, -0.2) is 9.48 Å².